The van der Waals surface area contributed by atoms with E-state index < -0.39 is 0 Å². The maximum Gasteiger partial charge on any atom is -0.0224 e. The molecule has 0 bridgehead atoms. The highest BCUT2D eigenvalue weighted by Gasteiger charge is 2.00. The lowest BCUT2D eigenvalue weighted by atomic mass is 9.98. The Hall–Kier alpha value is -1.82. The fraction of sp³-hybridized carbons (Fsp3) is 0.176. The highest BCUT2D eigenvalue weighted by atomic mass is 14.1. The van der Waals surface area contributed by atoms with Gasteiger partial charge in [0.05, 0.1) is 0 Å². The van der Waals surface area contributed by atoms with E-state index in [-0.39, 0.29) is 0 Å². The molecule has 0 nitrogen and oxygen atoms in total. The third-order valence-corrected chi connectivity index (χ3v) is 3.35. The summed E-state index contributed by atoms with van der Waals surface area (Å²) in [5.74, 6) is 0. The Morgan fingerprint density at radius 1 is 0.706 bits per heavy atom. The second-order valence-corrected chi connectivity index (χ2v) is 4.47. The lowest BCUT2D eigenvalue weighted by Crippen LogP contribution is -1.89. The third kappa shape index (κ3) is 2.65. The second-order valence-electron chi connectivity index (χ2n) is 4.47. The highest BCUT2D eigenvalue weighted by Crippen LogP contribution is 2.19. The number of hydrogen-bond acceptors (Lipinski definition) is 0. The maximum atomic E-state index is 2.19. The van der Waals surface area contributed by atoms with Crippen LogP contribution in [0.2, 0.25) is 0 Å². The van der Waals surface area contributed by atoms with E-state index in [9.17, 15) is 0 Å². The number of hydrogen-bond donors (Lipinski definition) is 0. The molecule has 0 unspecified atom stereocenters. The van der Waals surface area contributed by atoms with Crippen LogP contribution in [0.15, 0.2) is 42.5 Å². The molecular formula is C17H18. The van der Waals surface area contributed by atoms with Gasteiger partial charge in [-0.25, -0.2) is 0 Å². The molecule has 2 aromatic carbocycles. The van der Waals surface area contributed by atoms with Crippen LogP contribution in [0, 0.1) is 20.8 Å². The van der Waals surface area contributed by atoms with Gasteiger partial charge in [0.1, 0.15) is 0 Å². The smallest absolute Gasteiger partial charge is 0.0224 e. The Morgan fingerprint density at radius 2 is 1.41 bits per heavy atom. The van der Waals surface area contributed by atoms with Crippen molar-refractivity contribution in [1.82, 2.24) is 0 Å². The van der Waals surface area contributed by atoms with E-state index in [1.807, 2.05) is 6.07 Å². The summed E-state index contributed by atoms with van der Waals surface area (Å²) >= 11 is 0. The predicted octanol–water partition coefficient (Wildman–Crippen LogP) is 4.78. The van der Waals surface area contributed by atoms with Crippen molar-refractivity contribution in [3.63, 3.8) is 0 Å². The van der Waals surface area contributed by atoms with Crippen molar-refractivity contribution in [2.24, 2.45) is 0 Å². The van der Waals surface area contributed by atoms with Crippen molar-refractivity contribution in [2.75, 3.05) is 0 Å². The summed E-state index contributed by atoms with van der Waals surface area (Å²) in [6.45, 7) is 6.53. The van der Waals surface area contributed by atoms with Gasteiger partial charge in [-0.05, 0) is 48.6 Å². The Balaban J connectivity index is 2.31. The van der Waals surface area contributed by atoms with Gasteiger partial charge in [0.25, 0.3) is 0 Å². The summed E-state index contributed by atoms with van der Waals surface area (Å²) in [4.78, 5) is 0. The second kappa shape index (κ2) is 5.01. The minimum Gasteiger partial charge on any atom is -0.0622 e. The van der Waals surface area contributed by atoms with Gasteiger partial charge in [0, 0.05) is 0 Å². The third-order valence-electron chi connectivity index (χ3n) is 3.35. The lowest BCUT2D eigenvalue weighted by molar-refractivity contribution is 1.26. The average Bonchev–Trinajstić information content (AvgIpc) is 2.36. The van der Waals surface area contributed by atoms with Crippen LogP contribution in [0.5, 0.6) is 0 Å². The first-order valence-corrected chi connectivity index (χ1v) is 5.98. The highest BCUT2D eigenvalue weighted by molar-refractivity contribution is 5.71. The van der Waals surface area contributed by atoms with Crippen molar-refractivity contribution in [3.8, 4) is 0 Å². The van der Waals surface area contributed by atoms with E-state index in [4.69, 9.17) is 0 Å². The van der Waals surface area contributed by atoms with Gasteiger partial charge in [-0.1, -0.05) is 54.6 Å². The maximum absolute atomic E-state index is 2.19. The molecule has 0 saturated heterocycles. The Labute approximate surface area is 104 Å². The van der Waals surface area contributed by atoms with Crippen LogP contribution >= 0.6 is 0 Å². The van der Waals surface area contributed by atoms with E-state index in [2.05, 4.69) is 69.3 Å². The summed E-state index contributed by atoms with van der Waals surface area (Å²) in [7, 11) is 0. The normalized spacial score (nSPS) is 11.0. The van der Waals surface area contributed by atoms with Crippen LogP contribution in [-0.2, 0) is 0 Å². The molecule has 0 heteroatoms. The fourth-order valence-corrected chi connectivity index (χ4v) is 1.91. The van der Waals surface area contributed by atoms with Crippen LogP contribution in [0.3, 0.4) is 0 Å². The molecule has 0 aliphatic rings. The van der Waals surface area contributed by atoms with Crippen molar-refractivity contribution < 1.29 is 0 Å². The zero-order valence-corrected chi connectivity index (χ0v) is 10.7. The number of aryl methyl sites for hydroxylation is 1. The molecule has 0 radical (unpaired) electrons. The quantitative estimate of drug-likeness (QED) is 0.641. The van der Waals surface area contributed by atoms with Crippen LogP contribution < -0.4 is 0 Å². The van der Waals surface area contributed by atoms with Crippen LogP contribution in [-0.4, -0.2) is 0 Å². The molecule has 0 fully saturated rings. The summed E-state index contributed by atoms with van der Waals surface area (Å²) in [5.41, 5.74) is 6.67. The van der Waals surface area contributed by atoms with Gasteiger partial charge in [0.2, 0.25) is 0 Å². The molecule has 86 valence electrons. The van der Waals surface area contributed by atoms with Crippen LogP contribution in [0.1, 0.15) is 27.8 Å². The zero-order valence-electron chi connectivity index (χ0n) is 10.7. The molecule has 0 aliphatic heterocycles. The molecule has 0 amide bonds. The summed E-state index contributed by atoms with van der Waals surface area (Å²) < 4.78 is 0. The predicted molar refractivity (Wildman–Crippen MR) is 76.0 cm³/mol. The topological polar surface area (TPSA) is 0 Å². The largest absolute Gasteiger partial charge is 0.0622 e. The van der Waals surface area contributed by atoms with E-state index in [1.54, 1.807) is 0 Å². The first-order valence-electron chi connectivity index (χ1n) is 5.98. The molecule has 0 aromatic heterocycles. The van der Waals surface area contributed by atoms with Crippen molar-refractivity contribution in [3.05, 3.63) is 70.3 Å². The molecule has 2 aromatic rings. The van der Waals surface area contributed by atoms with Gasteiger partial charge in [0.15, 0.2) is 0 Å². The molecule has 0 aliphatic carbocycles. The number of benzene rings is 2. The average molecular weight is 222 g/mol. The Kier molecular flexibility index (Phi) is 3.43. The Morgan fingerprint density at radius 3 is 2.12 bits per heavy atom. The van der Waals surface area contributed by atoms with Gasteiger partial charge < -0.3 is 0 Å². The van der Waals surface area contributed by atoms with E-state index in [1.165, 1.54) is 27.8 Å². The summed E-state index contributed by atoms with van der Waals surface area (Å²) in [5, 5.41) is 0. The van der Waals surface area contributed by atoms with Crippen LogP contribution in [0.4, 0.5) is 0 Å². The van der Waals surface area contributed by atoms with E-state index in [0.29, 0.717) is 0 Å². The van der Waals surface area contributed by atoms with Gasteiger partial charge in [-0.15, -0.1) is 0 Å². The van der Waals surface area contributed by atoms with E-state index >= 15 is 0 Å². The molecule has 0 heterocycles. The molecule has 0 N–H and O–H groups in total. The number of rotatable bonds is 2. The summed E-state index contributed by atoms with van der Waals surface area (Å²) in [6.07, 6.45) is 4.36. The SMILES string of the molecule is Cc1ccc(/C=C/c2ccccc2)c(C)c1C. The van der Waals surface area contributed by atoms with Crippen molar-refractivity contribution in [1.29, 1.82) is 0 Å². The van der Waals surface area contributed by atoms with Crippen molar-refractivity contribution >= 4 is 12.2 Å². The molecule has 17 heavy (non-hydrogen) atoms. The first kappa shape index (κ1) is 11.7. The molecule has 2 rings (SSSR count). The molecule has 0 spiro atoms. The van der Waals surface area contributed by atoms with Crippen LogP contribution in [0.25, 0.3) is 12.2 Å². The molecule has 0 atom stereocenters. The minimum absolute atomic E-state index is 1.24. The molecular weight excluding hydrogens is 204 g/mol. The van der Waals surface area contributed by atoms with E-state index in [0.717, 1.165) is 0 Å². The van der Waals surface area contributed by atoms with Gasteiger partial charge in [-0.3, -0.25) is 0 Å². The molecule has 0 saturated carbocycles. The minimum atomic E-state index is 1.24. The summed E-state index contributed by atoms with van der Waals surface area (Å²) in [6, 6.07) is 14.8. The van der Waals surface area contributed by atoms with Gasteiger partial charge in [-0.2, -0.15) is 0 Å². The first-order chi connectivity index (χ1) is 8.18. The standard InChI is InChI=1S/C17H18/c1-13-9-11-17(15(3)14(13)2)12-10-16-7-5-4-6-8-16/h4-12H,1-3H3/b12-10+. The monoisotopic (exact) mass is 222 g/mol. The van der Waals surface area contributed by atoms with Gasteiger partial charge >= 0.3 is 0 Å². The van der Waals surface area contributed by atoms with Crippen molar-refractivity contribution in [2.45, 2.75) is 20.8 Å². The lowest BCUT2D eigenvalue weighted by Gasteiger charge is -2.07. The Bertz CT molecular complexity index is 533. The fourth-order valence-electron chi connectivity index (χ4n) is 1.91. The zero-order chi connectivity index (χ0) is 12.3.